The van der Waals surface area contributed by atoms with Gasteiger partial charge in [0.25, 0.3) is 0 Å². The van der Waals surface area contributed by atoms with Gasteiger partial charge in [-0.15, -0.1) is 0 Å². The van der Waals surface area contributed by atoms with E-state index >= 15 is 0 Å². The fourth-order valence-corrected chi connectivity index (χ4v) is 6.76. The molecule has 0 N–H and O–H groups in total. The first-order valence-electron chi connectivity index (χ1n) is 14.2. The van der Waals surface area contributed by atoms with Crippen molar-refractivity contribution in [1.82, 2.24) is 0 Å². The molecule has 8 rings (SSSR count). The quantitative estimate of drug-likeness (QED) is 0.226. The highest BCUT2D eigenvalue weighted by Crippen LogP contribution is 2.54. The monoisotopic (exact) mass is 527 g/mol. The second-order valence-electron chi connectivity index (χ2n) is 11.4. The molecule has 0 bridgehead atoms. The summed E-state index contributed by atoms with van der Waals surface area (Å²) in [6.45, 7) is 4.71. The molecule has 0 fully saturated rings. The van der Waals surface area contributed by atoms with Crippen LogP contribution in [-0.4, -0.2) is 0 Å². The number of hydrogen-bond donors (Lipinski definition) is 0. The maximum absolute atomic E-state index is 6.33. The first-order chi connectivity index (χ1) is 20.1. The Morgan fingerprint density at radius 1 is 0.488 bits per heavy atom. The minimum absolute atomic E-state index is 0.111. The first-order valence-corrected chi connectivity index (χ1v) is 14.2. The zero-order chi connectivity index (χ0) is 27.6. The molecule has 0 amide bonds. The maximum Gasteiger partial charge on any atom is 0.137 e. The second-order valence-corrected chi connectivity index (χ2v) is 11.4. The lowest BCUT2D eigenvalue weighted by molar-refractivity contribution is 0.662. The Bertz CT molecular complexity index is 2070. The zero-order valence-electron chi connectivity index (χ0n) is 23.1. The summed E-state index contributed by atoms with van der Waals surface area (Å²) < 4.78 is 6.33. The number of nitrogens with zero attached hydrogens (tertiary/aromatic N) is 1. The largest absolute Gasteiger partial charge is 0.456 e. The fraction of sp³-hybridized carbons (Fsp3) is 0.0769. The summed E-state index contributed by atoms with van der Waals surface area (Å²) in [7, 11) is 0. The maximum atomic E-state index is 6.33. The molecule has 1 aliphatic carbocycles. The zero-order valence-corrected chi connectivity index (χ0v) is 23.1. The Morgan fingerprint density at radius 3 is 1.98 bits per heavy atom. The van der Waals surface area contributed by atoms with E-state index in [9.17, 15) is 0 Å². The van der Waals surface area contributed by atoms with Crippen molar-refractivity contribution >= 4 is 39.0 Å². The van der Waals surface area contributed by atoms with E-state index in [1.807, 2.05) is 12.1 Å². The number of rotatable bonds is 4. The van der Waals surface area contributed by atoms with Crippen LogP contribution >= 0.6 is 0 Å². The van der Waals surface area contributed by atoms with Crippen molar-refractivity contribution in [1.29, 1.82) is 0 Å². The van der Waals surface area contributed by atoms with Crippen molar-refractivity contribution in [2.45, 2.75) is 19.3 Å². The predicted octanol–water partition coefficient (Wildman–Crippen LogP) is 11.0. The molecule has 1 aliphatic rings. The van der Waals surface area contributed by atoms with Crippen LogP contribution in [0.3, 0.4) is 0 Å². The number of anilines is 3. The molecule has 0 saturated carbocycles. The topological polar surface area (TPSA) is 16.4 Å². The highest BCUT2D eigenvalue weighted by molar-refractivity contribution is 6.06. The molecule has 41 heavy (non-hydrogen) atoms. The second kappa shape index (κ2) is 8.97. The summed E-state index contributed by atoms with van der Waals surface area (Å²) in [6.07, 6.45) is 0. The van der Waals surface area contributed by atoms with Crippen LogP contribution in [0.25, 0.3) is 44.2 Å². The van der Waals surface area contributed by atoms with Crippen LogP contribution < -0.4 is 4.90 Å². The highest BCUT2D eigenvalue weighted by Gasteiger charge is 2.38. The molecule has 2 nitrogen and oxygen atoms in total. The van der Waals surface area contributed by atoms with Crippen LogP contribution in [0.4, 0.5) is 17.1 Å². The van der Waals surface area contributed by atoms with Gasteiger partial charge in [0.05, 0.1) is 0 Å². The molecule has 0 saturated heterocycles. The highest BCUT2D eigenvalue weighted by atomic mass is 16.3. The smallest absolute Gasteiger partial charge is 0.137 e. The van der Waals surface area contributed by atoms with E-state index in [4.69, 9.17) is 4.42 Å². The SMILES string of the molecule is CC1(C)c2ccccc2-c2cc(N(c3ccccc3)c3ccc4c(c3)oc3ccccc34)cc(-c3ccccc3)c21. The van der Waals surface area contributed by atoms with Gasteiger partial charge in [0.2, 0.25) is 0 Å². The van der Waals surface area contributed by atoms with Crippen molar-refractivity contribution < 1.29 is 4.42 Å². The van der Waals surface area contributed by atoms with Crippen LogP contribution in [0, 0.1) is 0 Å². The van der Waals surface area contributed by atoms with E-state index in [-0.39, 0.29) is 5.41 Å². The molecule has 1 aromatic heterocycles. The van der Waals surface area contributed by atoms with Crippen molar-refractivity contribution in [3.63, 3.8) is 0 Å². The molecule has 0 radical (unpaired) electrons. The summed E-state index contributed by atoms with van der Waals surface area (Å²) in [6, 6.07) is 49.9. The van der Waals surface area contributed by atoms with Gasteiger partial charge < -0.3 is 9.32 Å². The van der Waals surface area contributed by atoms with Crippen molar-refractivity contribution in [2.24, 2.45) is 0 Å². The molecule has 1 heterocycles. The van der Waals surface area contributed by atoms with Crippen LogP contribution in [-0.2, 0) is 5.41 Å². The Labute approximate surface area is 240 Å². The van der Waals surface area contributed by atoms with Gasteiger partial charge in [-0.1, -0.05) is 105 Å². The average molecular weight is 528 g/mol. The minimum atomic E-state index is -0.111. The normalized spacial score (nSPS) is 13.3. The van der Waals surface area contributed by atoms with Gasteiger partial charge in [-0.25, -0.2) is 0 Å². The fourth-order valence-electron chi connectivity index (χ4n) is 6.76. The Balaban J connectivity index is 1.42. The molecule has 0 spiro atoms. The Hall–Kier alpha value is -5.08. The van der Waals surface area contributed by atoms with Gasteiger partial charge >= 0.3 is 0 Å². The number of fused-ring (bicyclic) bond motifs is 6. The van der Waals surface area contributed by atoms with E-state index in [0.717, 1.165) is 39.0 Å². The summed E-state index contributed by atoms with van der Waals surface area (Å²) in [5.74, 6) is 0. The lowest BCUT2D eigenvalue weighted by Crippen LogP contribution is -2.17. The van der Waals surface area contributed by atoms with Gasteiger partial charge in [-0.05, 0) is 75.8 Å². The number of furan rings is 1. The van der Waals surface area contributed by atoms with Crippen LogP contribution in [0.1, 0.15) is 25.0 Å². The number of benzene rings is 6. The molecule has 0 aliphatic heterocycles. The van der Waals surface area contributed by atoms with E-state index < -0.39 is 0 Å². The van der Waals surface area contributed by atoms with Gasteiger partial charge in [0, 0.05) is 39.3 Å². The molecule has 2 heteroatoms. The van der Waals surface area contributed by atoms with Gasteiger partial charge in [0.1, 0.15) is 11.2 Å². The van der Waals surface area contributed by atoms with Crippen molar-refractivity contribution in [3.8, 4) is 22.3 Å². The van der Waals surface area contributed by atoms with Gasteiger partial charge in [-0.3, -0.25) is 0 Å². The third-order valence-electron chi connectivity index (χ3n) is 8.62. The summed E-state index contributed by atoms with van der Waals surface area (Å²) in [4.78, 5) is 2.35. The van der Waals surface area contributed by atoms with Crippen LogP contribution in [0.15, 0.2) is 144 Å². The van der Waals surface area contributed by atoms with Crippen LogP contribution in [0.5, 0.6) is 0 Å². The van der Waals surface area contributed by atoms with Gasteiger partial charge in [-0.2, -0.15) is 0 Å². The molecular formula is C39H29NO. The minimum Gasteiger partial charge on any atom is -0.456 e. The van der Waals surface area contributed by atoms with Crippen LogP contribution in [0.2, 0.25) is 0 Å². The summed E-state index contributed by atoms with van der Waals surface area (Å²) in [5, 5.41) is 2.27. The average Bonchev–Trinajstić information content (AvgIpc) is 3.50. The molecular weight excluding hydrogens is 498 g/mol. The molecule has 196 valence electrons. The molecule has 0 atom stereocenters. The van der Waals surface area contributed by atoms with Crippen molar-refractivity contribution in [2.75, 3.05) is 4.90 Å². The van der Waals surface area contributed by atoms with E-state index in [0.29, 0.717) is 0 Å². The van der Waals surface area contributed by atoms with E-state index in [1.54, 1.807) is 0 Å². The summed E-state index contributed by atoms with van der Waals surface area (Å²) >= 11 is 0. The Morgan fingerprint density at radius 2 is 1.15 bits per heavy atom. The van der Waals surface area contributed by atoms with Gasteiger partial charge in [0.15, 0.2) is 0 Å². The number of hydrogen-bond acceptors (Lipinski definition) is 2. The molecule has 6 aromatic carbocycles. The molecule has 7 aromatic rings. The third-order valence-corrected chi connectivity index (χ3v) is 8.62. The number of para-hydroxylation sites is 2. The third kappa shape index (κ3) is 3.64. The lowest BCUT2D eigenvalue weighted by Gasteiger charge is -2.29. The standard InChI is InChI=1S/C39H29NO/c1-39(2)35-19-11-9-17-30(35)34-24-29(23-33(38(34)39)26-13-5-3-6-14-26)40(27-15-7-4-8-16-27)28-21-22-32-31-18-10-12-20-36(31)41-37(32)25-28/h3-25H,1-2H3. The predicted molar refractivity (Wildman–Crippen MR) is 171 cm³/mol. The van der Waals surface area contributed by atoms with E-state index in [1.165, 1.54) is 33.4 Å². The lowest BCUT2D eigenvalue weighted by atomic mass is 9.78. The van der Waals surface area contributed by atoms with E-state index in [2.05, 4.69) is 146 Å². The molecule has 0 unspecified atom stereocenters. The summed E-state index contributed by atoms with van der Waals surface area (Å²) in [5.41, 5.74) is 12.8. The van der Waals surface area contributed by atoms with Crippen molar-refractivity contribution in [3.05, 3.63) is 151 Å². The first kappa shape index (κ1) is 23.8. The Kier molecular flexibility index (Phi) is 5.20.